The van der Waals surface area contributed by atoms with Crippen LogP contribution in [0.15, 0.2) is 65.6 Å². The third-order valence-corrected chi connectivity index (χ3v) is 7.66. The Kier molecular flexibility index (Phi) is 11.6. The van der Waals surface area contributed by atoms with Gasteiger partial charge in [0.2, 0.25) is 11.8 Å². The zero-order valence-corrected chi connectivity index (χ0v) is 28.8. The van der Waals surface area contributed by atoms with Crippen molar-refractivity contribution in [3.63, 3.8) is 0 Å². The number of carbonyl (C=O) groups is 4. The summed E-state index contributed by atoms with van der Waals surface area (Å²) in [5.74, 6) is -3.17. The van der Waals surface area contributed by atoms with Gasteiger partial charge in [0.25, 0.3) is 5.56 Å². The van der Waals surface area contributed by atoms with E-state index in [2.05, 4.69) is 20.4 Å². The number of ether oxygens (including phenoxy) is 2. The summed E-state index contributed by atoms with van der Waals surface area (Å²) in [7, 11) is 4.29. The van der Waals surface area contributed by atoms with E-state index in [1.165, 1.54) is 35.4 Å². The van der Waals surface area contributed by atoms with E-state index < -0.39 is 46.7 Å². The highest BCUT2D eigenvalue weighted by Gasteiger charge is 2.28. The third-order valence-electron chi connectivity index (χ3n) is 7.66. The van der Waals surface area contributed by atoms with Crippen LogP contribution in [-0.4, -0.2) is 75.4 Å². The first-order valence-corrected chi connectivity index (χ1v) is 15.7. The van der Waals surface area contributed by atoms with Crippen molar-refractivity contribution >= 4 is 40.7 Å². The summed E-state index contributed by atoms with van der Waals surface area (Å²) in [5.41, 5.74) is -0.795. The van der Waals surface area contributed by atoms with E-state index >= 15 is 0 Å². The lowest BCUT2D eigenvalue weighted by atomic mass is 9.86. The van der Waals surface area contributed by atoms with Crippen molar-refractivity contribution in [3.8, 4) is 11.5 Å². The van der Waals surface area contributed by atoms with E-state index in [-0.39, 0.29) is 59.3 Å². The Morgan fingerprint density at radius 2 is 1.82 bits per heavy atom. The summed E-state index contributed by atoms with van der Waals surface area (Å²) >= 11 is 0. The number of aromatic nitrogens is 3. The second kappa shape index (κ2) is 15.7. The molecular weight excluding hydrogens is 670 g/mol. The molecule has 16 heteroatoms. The zero-order chi connectivity index (χ0) is 37.6. The molecule has 3 N–H and O–H groups in total. The zero-order valence-electron chi connectivity index (χ0n) is 28.8. The van der Waals surface area contributed by atoms with Gasteiger partial charge in [-0.15, -0.1) is 0 Å². The number of anilines is 1. The molecule has 2 heterocycles. The van der Waals surface area contributed by atoms with E-state index in [0.717, 1.165) is 28.4 Å². The standard InChI is InChI=1S/C35H38F2N6O8/c1-35(2,3)21-14-15-25-29(30(21)51-26-16-13-20(36)18-22(26)37)40-27(43(25)34(48)49)19-42-17-9-11-24(32(42)46)38-31(45)23(39-33(47)50-6)10-7-8-12-28(44)41(4)5/h8-9,11-18,23H,7,10,19H2,1-6H3,(H,38,45)(H,39,47)(H,48,49). The number of rotatable bonds is 11. The molecule has 0 aliphatic heterocycles. The van der Waals surface area contributed by atoms with Gasteiger partial charge in [0, 0.05) is 31.9 Å². The van der Waals surface area contributed by atoms with Crippen molar-refractivity contribution in [3.05, 3.63) is 94.2 Å². The number of nitrogens with one attached hydrogen (secondary N) is 2. The maximum Gasteiger partial charge on any atom is 0.417 e. The lowest BCUT2D eigenvalue weighted by Gasteiger charge is -2.23. The van der Waals surface area contributed by atoms with Gasteiger partial charge in [0.1, 0.15) is 28.9 Å². The van der Waals surface area contributed by atoms with Crippen molar-refractivity contribution in [1.82, 2.24) is 24.3 Å². The molecule has 270 valence electrons. The van der Waals surface area contributed by atoms with Crippen LogP contribution in [0.3, 0.4) is 0 Å². The van der Waals surface area contributed by atoms with E-state index in [1.54, 1.807) is 26.2 Å². The van der Waals surface area contributed by atoms with Gasteiger partial charge in [-0.3, -0.25) is 14.4 Å². The molecule has 2 aromatic carbocycles. The van der Waals surface area contributed by atoms with Crippen LogP contribution in [0.5, 0.6) is 11.5 Å². The number of imidazole rings is 1. The van der Waals surface area contributed by atoms with E-state index in [4.69, 9.17) is 4.74 Å². The number of carbonyl (C=O) groups excluding carboxylic acids is 3. The minimum Gasteiger partial charge on any atom is -0.464 e. The van der Waals surface area contributed by atoms with Crippen LogP contribution in [0.25, 0.3) is 11.0 Å². The number of fused-ring (bicyclic) bond motifs is 1. The largest absolute Gasteiger partial charge is 0.464 e. The minimum atomic E-state index is -1.43. The van der Waals surface area contributed by atoms with Gasteiger partial charge in [-0.05, 0) is 54.7 Å². The van der Waals surface area contributed by atoms with Crippen LogP contribution >= 0.6 is 0 Å². The SMILES string of the molecule is COC(=O)NC(CCC=CC(=O)N(C)C)C(=O)Nc1cccn(Cc2nc3c(Oc4ccc(F)cc4F)c(C(C)(C)C)ccc3n2C(=O)O)c1=O. The first-order valence-electron chi connectivity index (χ1n) is 15.7. The topological polar surface area (TPSA) is 174 Å². The van der Waals surface area contributed by atoms with Gasteiger partial charge in [0.05, 0.1) is 19.2 Å². The number of hydrogen-bond donors (Lipinski definition) is 3. The summed E-state index contributed by atoms with van der Waals surface area (Å²) < 4.78 is 40.9. The highest BCUT2D eigenvalue weighted by molar-refractivity contribution is 5.96. The molecule has 4 aromatic rings. The Bertz CT molecular complexity index is 2070. The van der Waals surface area contributed by atoms with Gasteiger partial charge in [-0.1, -0.05) is 32.9 Å². The second-order valence-electron chi connectivity index (χ2n) is 12.6. The van der Waals surface area contributed by atoms with Gasteiger partial charge in [-0.2, -0.15) is 0 Å². The second-order valence-corrected chi connectivity index (χ2v) is 12.6. The molecule has 51 heavy (non-hydrogen) atoms. The Hall–Kier alpha value is -6.06. The smallest absolute Gasteiger partial charge is 0.417 e. The number of pyridine rings is 1. The lowest BCUT2D eigenvalue weighted by Crippen LogP contribution is -2.44. The third kappa shape index (κ3) is 8.95. The fraction of sp³-hybridized carbons (Fsp3) is 0.314. The average molecular weight is 709 g/mol. The fourth-order valence-corrected chi connectivity index (χ4v) is 5.04. The lowest BCUT2D eigenvalue weighted by molar-refractivity contribution is -0.123. The Morgan fingerprint density at radius 3 is 2.45 bits per heavy atom. The minimum absolute atomic E-state index is 0.0465. The maximum atomic E-state index is 14.7. The number of likely N-dealkylation sites (N-methyl/N-ethyl adjacent to an activating group) is 1. The van der Waals surface area contributed by atoms with E-state index in [0.29, 0.717) is 11.6 Å². The molecule has 1 atom stereocenters. The summed E-state index contributed by atoms with van der Waals surface area (Å²) in [5, 5.41) is 15.1. The first kappa shape index (κ1) is 37.8. The highest BCUT2D eigenvalue weighted by Crippen LogP contribution is 2.40. The molecule has 0 fully saturated rings. The number of carboxylic acid groups (broad SMARTS) is 1. The first-order chi connectivity index (χ1) is 24.0. The van der Waals surface area contributed by atoms with Gasteiger partial charge >= 0.3 is 12.2 Å². The Balaban J connectivity index is 1.69. The summed E-state index contributed by atoms with van der Waals surface area (Å²) in [4.78, 5) is 69.1. The number of hydrogen-bond acceptors (Lipinski definition) is 8. The molecule has 14 nitrogen and oxygen atoms in total. The van der Waals surface area contributed by atoms with Crippen LogP contribution in [0.2, 0.25) is 0 Å². The predicted octanol–water partition coefficient (Wildman–Crippen LogP) is 5.23. The van der Waals surface area contributed by atoms with Crippen molar-refractivity contribution in [1.29, 1.82) is 0 Å². The summed E-state index contributed by atoms with van der Waals surface area (Å²) in [6, 6.07) is 7.57. The monoisotopic (exact) mass is 708 g/mol. The van der Waals surface area contributed by atoms with Crippen LogP contribution in [0.4, 0.5) is 24.1 Å². The van der Waals surface area contributed by atoms with Crippen LogP contribution in [0.1, 0.15) is 45.0 Å². The van der Waals surface area contributed by atoms with Crippen molar-refractivity contribution in [2.75, 3.05) is 26.5 Å². The number of allylic oxidation sites excluding steroid dienone is 1. The molecule has 0 spiro atoms. The van der Waals surface area contributed by atoms with E-state index in [9.17, 15) is 37.9 Å². The number of amides is 3. The number of methoxy groups -OCH3 is 1. The van der Waals surface area contributed by atoms with Gasteiger partial charge < -0.3 is 34.7 Å². The molecule has 0 radical (unpaired) electrons. The predicted molar refractivity (Wildman–Crippen MR) is 183 cm³/mol. The number of nitrogens with zero attached hydrogens (tertiary/aromatic N) is 4. The number of alkyl carbamates (subject to hydrolysis) is 1. The maximum absolute atomic E-state index is 14.7. The van der Waals surface area contributed by atoms with Crippen molar-refractivity contribution < 1.29 is 42.5 Å². The number of benzene rings is 2. The average Bonchev–Trinajstić information content (AvgIpc) is 3.43. The summed E-state index contributed by atoms with van der Waals surface area (Å²) in [6.07, 6.45) is 2.21. The highest BCUT2D eigenvalue weighted by atomic mass is 19.1. The molecule has 4 rings (SSSR count). The van der Waals surface area contributed by atoms with Gasteiger partial charge in [-0.25, -0.2) is 27.9 Å². The molecule has 0 saturated heterocycles. The molecular formula is C35H38F2N6O8. The van der Waals surface area contributed by atoms with Crippen LogP contribution in [-0.2, 0) is 26.3 Å². The molecule has 2 aromatic heterocycles. The summed E-state index contributed by atoms with van der Waals surface area (Å²) in [6.45, 7) is 5.22. The van der Waals surface area contributed by atoms with Crippen molar-refractivity contribution in [2.45, 2.75) is 51.6 Å². The fourth-order valence-electron chi connectivity index (χ4n) is 5.04. The molecule has 0 saturated carbocycles. The number of halogens is 2. The van der Waals surface area contributed by atoms with Gasteiger partial charge in [0.15, 0.2) is 17.3 Å². The molecule has 1 unspecified atom stereocenters. The Morgan fingerprint density at radius 1 is 1.10 bits per heavy atom. The molecule has 0 aliphatic rings. The van der Waals surface area contributed by atoms with Crippen LogP contribution in [0, 0.1) is 11.6 Å². The molecule has 3 amide bonds. The quantitative estimate of drug-likeness (QED) is 0.176. The normalized spacial score (nSPS) is 12.1. The Labute approximate surface area is 291 Å². The van der Waals surface area contributed by atoms with E-state index in [1.807, 2.05) is 20.8 Å². The van der Waals surface area contributed by atoms with Crippen LogP contribution < -0.4 is 20.9 Å². The molecule has 0 bridgehead atoms. The molecule has 0 aliphatic carbocycles. The van der Waals surface area contributed by atoms with Crippen molar-refractivity contribution in [2.24, 2.45) is 0 Å².